The average Bonchev–Trinajstić information content (AvgIpc) is 3.73. The van der Waals surface area contributed by atoms with E-state index in [1.165, 1.54) is 24.4 Å². The Kier molecular flexibility index (Phi) is 13.1. The number of aliphatic carboxylic acids is 1. The zero-order valence-corrected chi connectivity index (χ0v) is 33.1. The number of carboxylic acids is 1. The molecule has 0 saturated carbocycles. The lowest BCUT2D eigenvalue weighted by atomic mass is 9.89. The number of hydrogen-bond donors (Lipinski definition) is 4. The summed E-state index contributed by atoms with van der Waals surface area (Å²) in [6.45, 7) is 3.59. The molecule has 3 fully saturated rings. The normalized spacial score (nSPS) is 17.7. The van der Waals surface area contributed by atoms with Gasteiger partial charge in [0.1, 0.15) is 28.6 Å². The molecule has 320 valence electrons. The molecule has 0 radical (unpaired) electrons. The molecular formula is C40H45F3N8O9. The Morgan fingerprint density at radius 1 is 0.917 bits per heavy atom. The maximum Gasteiger partial charge on any atom is 0.490 e. The van der Waals surface area contributed by atoms with Gasteiger partial charge in [0.25, 0.3) is 11.5 Å². The number of carbonyl (C=O) groups excluding carboxylic acids is 4. The van der Waals surface area contributed by atoms with Crippen molar-refractivity contribution >= 4 is 46.2 Å². The fourth-order valence-corrected chi connectivity index (χ4v) is 7.58. The van der Waals surface area contributed by atoms with Crippen molar-refractivity contribution in [2.75, 3.05) is 65.3 Å². The highest BCUT2D eigenvalue weighted by Gasteiger charge is 2.38. The molecule has 7 rings (SSSR count). The third-order valence-corrected chi connectivity index (χ3v) is 10.9. The van der Waals surface area contributed by atoms with Crippen LogP contribution in [0.3, 0.4) is 0 Å². The number of likely N-dealkylation sites (tertiary alicyclic amines) is 1. The maximum absolute atomic E-state index is 13.9. The Morgan fingerprint density at radius 3 is 2.08 bits per heavy atom. The van der Waals surface area contributed by atoms with Gasteiger partial charge in [-0.2, -0.15) is 18.3 Å². The molecule has 4 amide bonds. The van der Waals surface area contributed by atoms with Crippen LogP contribution < -0.4 is 25.7 Å². The van der Waals surface area contributed by atoms with Crippen LogP contribution in [0.4, 0.5) is 18.9 Å². The highest BCUT2D eigenvalue weighted by molar-refractivity contribution is 6.03. The summed E-state index contributed by atoms with van der Waals surface area (Å²) < 4.78 is 44.6. The van der Waals surface area contributed by atoms with E-state index >= 15 is 0 Å². The number of carboxylic acid groups (broad SMARTS) is 1. The van der Waals surface area contributed by atoms with Gasteiger partial charge in [-0.05, 0) is 73.7 Å². The van der Waals surface area contributed by atoms with Gasteiger partial charge in [0.15, 0.2) is 0 Å². The Balaban J connectivity index is 0.000000793. The Morgan fingerprint density at radius 2 is 1.52 bits per heavy atom. The van der Waals surface area contributed by atoms with Crippen molar-refractivity contribution in [3.63, 3.8) is 0 Å². The topological polar surface area (TPSA) is 208 Å². The highest BCUT2D eigenvalue weighted by Crippen LogP contribution is 2.38. The number of pyridine rings is 1. The Labute approximate surface area is 341 Å². The van der Waals surface area contributed by atoms with Gasteiger partial charge in [-0.3, -0.25) is 39.3 Å². The number of anilines is 1. The molecule has 20 heteroatoms. The zero-order chi connectivity index (χ0) is 43.3. The van der Waals surface area contributed by atoms with Gasteiger partial charge >= 0.3 is 12.1 Å². The van der Waals surface area contributed by atoms with Crippen LogP contribution in [0, 0.1) is 0 Å². The zero-order valence-electron chi connectivity index (χ0n) is 33.1. The summed E-state index contributed by atoms with van der Waals surface area (Å²) in [4.78, 5) is 78.0. The minimum atomic E-state index is -5.08. The van der Waals surface area contributed by atoms with E-state index in [-0.39, 0.29) is 29.2 Å². The number of carbonyl (C=O) groups is 5. The van der Waals surface area contributed by atoms with Gasteiger partial charge < -0.3 is 34.3 Å². The Bertz CT molecular complexity index is 2290. The number of ether oxygens (including phenoxy) is 2. The smallest absolute Gasteiger partial charge is 0.490 e. The number of piperazine rings is 1. The number of rotatable bonds is 9. The molecule has 4 N–H and O–H groups in total. The second-order valence-corrected chi connectivity index (χ2v) is 14.7. The quantitative estimate of drug-likeness (QED) is 0.180. The molecule has 3 saturated heterocycles. The molecule has 1 unspecified atom stereocenters. The van der Waals surface area contributed by atoms with E-state index in [1.54, 1.807) is 36.5 Å². The number of aromatic amines is 1. The monoisotopic (exact) mass is 838 g/mol. The van der Waals surface area contributed by atoms with E-state index in [2.05, 4.69) is 37.9 Å². The lowest BCUT2D eigenvalue weighted by molar-refractivity contribution is -0.192. The number of benzene rings is 2. The molecule has 3 aliphatic heterocycles. The molecule has 2 aromatic heterocycles. The summed E-state index contributed by atoms with van der Waals surface area (Å²) in [7, 11) is 4.67. The summed E-state index contributed by atoms with van der Waals surface area (Å²) >= 11 is 0. The van der Waals surface area contributed by atoms with Gasteiger partial charge in [-0.15, -0.1) is 0 Å². The summed E-state index contributed by atoms with van der Waals surface area (Å²) in [6, 6.07) is 11.3. The number of nitrogens with one attached hydrogen (secondary N) is 3. The van der Waals surface area contributed by atoms with Crippen LogP contribution in [-0.2, 0) is 26.2 Å². The molecule has 0 spiro atoms. The lowest BCUT2D eigenvalue weighted by Crippen LogP contribution is -2.53. The van der Waals surface area contributed by atoms with E-state index in [1.807, 2.05) is 17.0 Å². The van der Waals surface area contributed by atoms with Crippen LogP contribution in [0.15, 0.2) is 53.6 Å². The number of hydrogen-bond acceptors (Lipinski definition) is 11. The number of alkyl halides is 3. The van der Waals surface area contributed by atoms with E-state index in [0.717, 1.165) is 37.2 Å². The van der Waals surface area contributed by atoms with Gasteiger partial charge in [-0.25, -0.2) is 4.79 Å². The molecular weight excluding hydrogens is 793 g/mol. The van der Waals surface area contributed by atoms with Crippen molar-refractivity contribution in [2.45, 2.75) is 43.8 Å². The summed E-state index contributed by atoms with van der Waals surface area (Å²) in [5, 5.41) is 20.2. The predicted octanol–water partition coefficient (Wildman–Crippen LogP) is 2.96. The number of fused-ring (bicyclic) bond motifs is 1. The van der Waals surface area contributed by atoms with Crippen LogP contribution in [0.25, 0.3) is 22.0 Å². The SMILES string of the molecule is COc1cc(-c2cn(C)c(=O)c3[nH]ncc23)cc(OC)c1C(=O)N1CCN(C(=O)CN2CCC(c3ccc(NC4CCC(=O)NC4=O)cc3)CC2)CC1.O=C(O)C(F)(F)F. The Hall–Kier alpha value is -6.44. The lowest BCUT2D eigenvalue weighted by Gasteiger charge is -2.37. The summed E-state index contributed by atoms with van der Waals surface area (Å²) in [5.74, 6) is -2.39. The minimum Gasteiger partial charge on any atom is -0.496 e. The van der Waals surface area contributed by atoms with E-state index in [4.69, 9.17) is 19.4 Å². The molecule has 3 aliphatic rings. The first-order valence-electron chi connectivity index (χ1n) is 19.2. The fourth-order valence-electron chi connectivity index (χ4n) is 7.58. The molecule has 0 bridgehead atoms. The minimum absolute atomic E-state index is 0.0572. The summed E-state index contributed by atoms with van der Waals surface area (Å²) in [6.07, 6.45) is 0.924. The van der Waals surface area contributed by atoms with E-state index in [0.29, 0.717) is 85.0 Å². The van der Waals surface area contributed by atoms with E-state index in [9.17, 15) is 37.1 Å². The molecule has 2 aromatic carbocycles. The van der Waals surface area contributed by atoms with Gasteiger partial charge in [-0.1, -0.05) is 12.1 Å². The van der Waals surface area contributed by atoms with E-state index < -0.39 is 18.2 Å². The second kappa shape index (κ2) is 18.2. The van der Waals surface area contributed by atoms with Crippen molar-refractivity contribution in [3.8, 4) is 22.6 Å². The number of methoxy groups -OCH3 is 2. The first kappa shape index (κ1) is 43.1. The van der Waals surface area contributed by atoms with Crippen LogP contribution in [-0.4, -0.2) is 136 Å². The third kappa shape index (κ3) is 9.70. The number of nitrogens with zero attached hydrogens (tertiary/aromatic N) is 5. The molecule has 17 nitrogen and oxygen atoms in total. The van der Waals surface area contributed by atoms with Gasteiger partial charge in [0.05, 0.1) is 27.0 Å². The van der Waals surface area contributed by atoms with Crippen LogP contribution >= 0.6 is 0 Å². The molecule has 4 aromatic rings. The third-order valence-electron chi connectivity index (χ3n) is 10.9. The van der Waals surface area contributed by atoms with Crippen molar-refractivity contribution in [2.24, 2.45) is 7.05 Å². The van der Waals surface area contributed by atoms with Crippen LogP contribution in [0.2, 0.25) is 0 Å². The van der Waals surface area contributed by atoms with Gasteiger partial charge in [0, 0.05) is 62.5 Å². The fraction of sp³-hybridized carbons (Fsp3) is 0.425. The largest absolute Gasteiger partial charge is 0.496 e. The number of imide groups is 1. The number of aryl methyl sites for hydroxylation is 1. The van der Waals surface area contributed by atoms with Crippen molar-refractivity contribution in [1.29, 1.82) is 0 Å². The van der Waals surface area contributed by atoms with Crippen molar-refractivity contribution in [3.05, 3.63) is 70.3 Å². The average molecular weight is 839 g/mol. The van der Waals surface area contributed by atoms with Crippen LogP contribution in [0.5, 0.6) is 11.5 Å². The number of halogens is 3. The number of H-pyrrole nitrogens is 1. The first-order chi connectivity index (χ1) is 28.6. The van der Waals surface area contributed by atoms with Crippen molar-refractivity contribution in [1.82, 2.24) is 34.8 Å². The van der Waals surface area contributed by atoms with Gasteiger partial charge in [0.2, 0.25) is 17.7 Å². The number of piperidine rings is 2. The maximum atomic E-state index is 13.9. The standard InChI is InChI=1S/C38H44N8O7.C2HF3O2/c1-43-21-28(27-20-39-42-35(27)38(43)51)25-18-30(52-2)34(31(19-25)53-3)37(50)46-16-14-45(15-17-46)33(48)22-44-12-10-24(11-13-44)23-4-6-26(7-5-23)40-29-8-9-32(47)41-36(29)49;3-2(4,5)1(6)7/h4-7,18-21,24,29,40H,8-17,22H2,1-3H3,(H,39,42)(H,41,47,49);(H,6,7). The van der Waals surface area contributed by atoms with Crippen molar-refractivity contribution < 1.29 is 51.7 Å². The first-order valence-corrected chi connectivity index (χ1v) is 19.2. The molecule has 0 aliphatic carbocycles. The predicted molar refractivity (Wildman–Crippen MR) is 211 cm³/mol. The number of aromatic nitrogens is 3. The number of amides is 4. The second-order valence-electron chi connectivity index (χ2n) is 14.7. The highest BCUT2D eigenvalue weighted by atomic mass is 19.4. The summed E-state index contributed by atoms with van der Waals surface area (Å²) in [5.41, 5.74) is 4.00. The van der Waals surface area contributed by atoms with Crippen LogP contribution in [0.1, 0.15) is 47.5 Å². The molecule has 1 atom stereocenters. The molecule has 5 heterocycles. The molecule has 60 heavy (non-hydrogen) atoms.